The molecule has 2 aromatic carbocycles. The number of carbonyl (C=O) groups excluding carboxylic acids is 2. The van der Waals surface area contributed by atoms with Crippen molar-refractivity contribution in [3.05, 3.63) is 64.6 Å². The van der Waals surface area contributed by atoms with Crippen molar-refractivity contribution in [1.29, 1.82) is 0 Å². The molecule has 1 aromatic heterocycles. The van der Waals surface area contributed by atoms with Crippen LogP contribution in [0, 0.1) is 11.2 Å². The van der Waals surface area contributed by atoms with Gasteiger partial charge in [0.25, 0.3) is 0 Å². The first-order valence-corrected chi connectivity index (χ1v) is 10.1. The number of H-pyrrole nitrogens is 1. The molecule has 1 aliphatic rings. The van der Waals surface area contributed by atoms with Crippen LogP contribution in [0.3, 0.4) is 0 Å². The van der Waals surface area contributed by atoms with Gasteiger partial charge in [0.1, 0.15) is 11.2 Å². The fraction of sp³-hybridized carbons (Fsp3) is 0.273. The summed E-state index contributed by atoms with van der Waals surface area (Å²) in [7, 11) is 0. The molecule has 0 bridgehead atoms. The molecule has 4 rings (SSSR count). The molecule has 1 fully saturated rings. The summed E-state index contributed by atoms with van der Waals surface area (Å²) in [5, 5.41) is 1.39. The Morgan fingerprint density at radius 3 is 2.62 bits per heavy atom. The molecule has 5 nitrogen and oxygen atoms in total. The van der Waals surface area contributed by atoms with Crippen molar-refractivity contribution in [2.75, 3.05) is 11.4 Å². The van der Waals surface area contributed by atoms with E-state index < -0.39 is 34.8 Å². The van der Waals surface area contributed by atoms with E-state index in [-0.39, 0.29) is 25.1 Å². The van der Waals surface area contributed by atoms with Gasteiger partial charge in [0.2, 0.25) is 11.8 Å². The van der Waals surface area contributed by atoms with Crippen molar-refractivity contribution in [2.24, 2.45) is 11.1 Å². The quantitative estimate of drug-likeness (QED) is 0.417. The Morgan fingerprint density at radius 2 is 1.97 bits per heavy atom. The molecule has 0 spiro atoms. The van der Waals surface area contributed by atoms with Crippen molar-refractivity contribution in [2.45, 2.75) is 25.4 Å². The molecule has 3 N–H and O–H groups in total. The molecule has 2 heterocycles. The molecule has 0 aliphatic carbocycles. The summed E-state index contributed by atoms with van der Waals surface area (Å²) in [6.07, 6.45) is -2.58. The Kier molecular flexibility index (Phi) is 5.40. The minimum atomic E-state index is -4.85. The third kappa shape index (κ3) is 3.70. The lowest BCUT2D eigenvalue weighted by molar-refractivity contribution is -0.140. The number of nitrogens with zero attached hydrogens (tertiary/aromatic N) is 1. The number of aromatic amines is 1. The van der Waals surface area contributed by atoms with E-state index in [0.717, 1.165) is 27.4 Å². The summed E-state index contributed by atoms with van der Waals surface area (Å²) < 4.78 is 52.6. The number of nitrogens with two attached hydrogens (primary N) is 1. The SMILES string of the molecule is NC(=O)C1(CCc2c[nH]c3ccc(Cl)cc23)CCN(c2ccc(C(F)(F)F)c(F)c2)C1=O. The molecule has 10 heteroatoms. The van der Waals surface area contributed by atoms with Gasteiger partial charge in [-0.3, -0.25) is 9.59 Å². The van der Waals surface area contributed by atoms with Crippen molar-refractivity contribution in [3.8, 4) is 0 Å². The lowest BCUT2D eigenvalue weighted by Gasteiger charge is -2.25. The number of alkyl halides is 3. The predicted molar refractivity (Wildman–Crippen MR) is 112 cm³/mol. The number of aryl methyl sites for hydroxylation is 1. The predicted octanol–water partition coefficient (Wildman–Crippen LogP) is 4.82. The highest BCUT2D eigenvalue weighted by molar-refractivity contribution is 6.31. The second-order valence-electron chi connectivity index (χ2n) is 7.82. The van der Waals surface area contributed by atoms with Crippen LogP contribution in [0.1, 0.15) is 24.0 Å². The van der Waals surface area contributed by atoms with Crippen LogP contribution in [0.15, 0.2) is 42.6 Å². The van der Waals surface area contributed by atoms with Gasteiger partial charge in [0.15, 0.2) is 0 Å². The third-order valence-electron chi connectivity index (χ3n) is 6.01. The molecule has 32 heavy (non-hydrogen) atoms. The number of primary amides is 1. The van der Waals surface area contributed by atoms with Crippen LogP contribution in [-0.2, 0) is 22.2 Å². The smallest absolute Gasteiger partial charge is 0.369 e. The zero-order chi connectivity index (χ0) is 23.3. The van der Waals surface area contributed by atoms with Crippen LogP contribution in [0.2, 0.25) is 5.02 Å². The lowest BCUT2D eigenvalue weighted by Crippen LogP contribution is -2.44. The van der Waals surface area contributed by atoms with Crippen molar-refractivity contribution in [1.82, 2.24) is 4.98 Å². The van der Waals surface area contributed by atoms with E-state index in [1.165, 1.54) is 0 Å². The van der Waals surface area contributed by atoms with Gasteiger partial charge >= 0.3 is 6.18 Å². The standard InChI is InChI=1S/C22H18ClF4N3O2/c23-13-1-4-18-15(9-13)12(11-29-18)5-6-21(19(28)31)7-8-30(20(21)32)14-2-3-16(17(24)10-14)22(25,26)27/h1-4,9-11,29H,5-8H2,(H2,28,31). The van der Waals surface area contributed by atoms with Crippen LogP contribution in [0.5, 0.6) is 0 Å². The monoisotopic (exact) mass is 467 g/mol. The first-order chi connectivity index (χ1) is 15.0. The average Bonchev–Trinajstić information content (AvgIpc) is 3.26. The maximum absolute atomic E-state index is 14.0. The summed E-state index contributed by atoms with van der Waals surface area (Å²) in [6.45, 7) is 0.0340. The van der Waals surface area contributed by atoms with Gasteiger partial charge < -0.3 is 15.6 Å². The number of amides is 2. The summed E-state index contributed by atoms with van der Waals surface area (Å²) in [4.78, 5) is 29.8. The van der Waals surface area contributed by atoms with Gasteiger partial charge in [-0.25, -0.2) is 4.39 Å². The number of halogens is 5. The number of carbonyl (C=O) groups is 2. The van der Waals surface area contributed by atoms with Gasteiger partial charge in [0.05, 0.1) is 5.56 Å². The highest BCUT2D eigenvalue weighted by Crippen LogP contribution is 2.41. The van der Waals surface area contributed by atoms with E-state index in [1.54, 1.807) is 18.3 Å². The van der Waals surface area contributed by atoms with Crippen LogP contribution >= 0.6 is 11.6 Å². The number of rotatable bonds is 5. The molecular weight excluding hydrogens is 450 g/mol. The lowest BCUT2D eigenvalue weighted by atomic mass is 9.79. The third-order valence-corrected chi connectivity index (χ3v) is 6.24. The summed E-state index contributed by atoms with van der Waals surface area (Å²) in [5.74, 6) is -2.97. The van der Waals surface area contributed by atoms with E-state index in [0.29, 0.717) is 23.6 Å². The second kappa shape index (κ2) is 7.81. The largest absolute Gasteiger partial charge is 0.419 e. The number of hydrogen-bond donors (Lipinski definition) is 2. The first-order valence-electron chi connectivity index (χ1n) is 9.77. The summed E-state index contributed by atoms with van der Waals surface area (Å²) >= 11 is 6.06. The number of hydrogen-bond acceptors (Lipinski definition) is 2. The van der Waals surface area contributed by atoms with E-state index in [2.05, 4.69) is 4.98 Å². The maximum atomic E-state index is 14.0. The Morgan fingerprint density at radius 1 is 1.22 bits per heavy atom. The van der Waals surface area contributed by atoms with Crippen molar-refractivity contribution < 1.29 is 27.2 Å². The Balaban J connectivity index is 1.60. The molecule has 1 saturated heterocycles. The van der Waals surface area contributed by atoms with E-state index in [4.69, 9.17) is 17.3 Å². The molecule has 0 radical (unpaired) electrons. The van der Waals surface area contributed by atoms with Crippen LogP contribution in [0.4, 0.5) is 23.2 Å². The number of fused-ring (bicyclic) bond motifs is 1. The van der Waals surface area contributed by atoms with Gasteiger partial charge in [-0.05, 0) is 61.2 Å². The molecule has 2 amide bonds. The fourth-order valence-corrected chi connectivity index (χ4v) is 4.38. The zero-order valence-corrected chi connectivity index (χ0v) is 17.4. The van der Waals surface area contributed by atoms with Crippen molar-refractivity contribution >= 4 is 40.0 Å². The topological polar surface area (TPSA) is 79.2 Å². The maximum Gasteiger partial charge on any atom is 0.419 e. The Labute approximate surface area is 185 Å². The highest BCUT2D eigenvalue weighted by atomic mass is 35.5. The van der Waals surface area contributed by atoms with Gasteiger partial charge in [-0.2, -0.15) is 13.2 Å². The van der Waals surface area contributed by atoms with Crippen LogP contribution < -0.4 is 10.6 Å². The molecule has 1 unspecified atom stereocenters. The van der Waals surface area contributed by atoms with Crippen LogP contribution in [0.25, 0.3) is 10.9 Å². The van der Waals surface area contributed by atoms with Crippen molar-refractivity contribution in [3.63, 3.8) is 0 Å². The molecular formula is C22H18ClF4N3O2. The zero-order valence-electron chi connectivity index (χ0n) is 16.6. The average molecular weight is 468 g/mol. The minimum absolute atomic E-state index is 0.0340. The first kappa shape index (κ1) is 22.1. The number of nitrogens with one attached hydrogen (secondary N) is 1. The summed E-state index contributed by atoms with van der Waals surface area (Å²) in [6, 6.07) is 7.57. The minimum Gasteiger partial charge on any atom is -0.369 e. The molecule has 1 aliphatic heterocycles. The number of benzene rings is 2. The number of anilines is 1. The van der Waals surface area contributed by atoms with E-state index in [1.807, 2.05) is 6.07 Å². The molecule has 168 valence electrons. The molecule has 0 saturated carbocycles. The van der Waals surface area contributed by atoms with E-state index >= 15 is 0 Å². The molecule has 1 atom stereocenters. The second-order valence-corrected chi connectivity index (χ2v) is 8.26. The Hall–Kier alpha value is -3.07. The number of aromatic nitrogens is 1. The molecule has 3 aromatic rings. The van der Waals surface area contributed by atoms with E-state index in [9.17, 15) is 27.2 Å². The van der Waals surface area contributed by atoms with Gasteiger partial charge in [-0.1, -0.05) is 11.6 Å². The summed E-state index contributed by atoms with van der Waals surface area (Å²) in [5.41, 5.74) is 4.28. The Bertz CT molecular complexity index is 1220. The van der Waals surface area contributed by atoms with Gasteiger partial charge in [0, 0.05) is 34.4 Å². The fourth-order valence-electron chi connectivity index (χ4n) is 4.21. The van der Waals surface area contributed by atoms with Crippen LogP contribution in [-0.4, -0.2) is 23.3 Å². The highest BCUT2D eigenvalue weighted by Gasteiger charge is 2.51. The van der Waals surface area contributed by atoms with Gasteiger partial charge in [-0.15, -0.1) is 0 Å². The normalized spacial score (nSPS) is 19.2.